The van der Waals surface area contributed by atoms with Crippen LogP contribution in [0.25, 0.3) is 5.69 Å². The number of nitrogens with one attached hydrogen (secondary N) is 1. The molecule has 0 saturated heterocycles. The average molecular weight is 385 g/mol. The second kappa shape index (κ2) is 6.55. The van der Waals surface area contributed by atoms with Crippen molar-refractivity contribution in [3.63, 3.8) is 0 Å². The molecule has 0 saturated carbocycles. The zero-order chi connectivity index (χ0) is 19.1. The summed E-state index contributed by atoms with van der Waals surface area (Å²) in [6, 6.07) is 12.9. The third-order valence-corrected chi connectivity index (χ3v) is 4.83. The molecule has 4 rings (SSSR count). The minimum absolute atomic E-state index is 0.0469. The van der Waals surface area contributed by atoms with E-state index in [4.69, 9.17) is 11.6 Å². The second-order valence-electron chi connectivity index (χ2n) is 6.32. The molecular weight excluding hydrogens is 371 g/mol. The summed E-state index contributed by atoms with van der Waals surface area (Å²) in [7, 11) is 0. The molecule has 5 nitrogen and oxygen atoms in total. The average Bonchev–Trinajstić information content (AvgIpc) is 3.00. The first kappa shape index (κ1) is 17.3. The Bertz CT molecular complexity index is 1080. The third-order valence-electron chi connectivity index (χ3n) is 4.60. The molecule has 136 valence electrons. The first-order valence-corrected chi connectivity index (χ1v) is 8.61. The maximum absolute atomic E-state index is 13.8. The van der Waals surface area contributed by atoms with Gasteiger partial charge in [0.05, 0.1) is 11.4 Å². The molecule has 27 heavy (non-hydrogen) atoms. The molecule has 2 aromatic carbocycles. The molecule has 1 atom stereocenters. The number of aromatic nitrogens is 1. The summed E-state index contributed by atoms with van der Waals surface area (Å²) in [5, 5.41) is 12.8. The van der Waals surface area contributed by atoms with Crippen molar-refractivity contribution in [3.8, 4) is 5.69 Å². The van der Waals surface area contributed by atoms with E-state index in [1.165, 1.54) is 18.3 Å². The lowest BCUT2D eigenvalue weighted by Gasteiger charge is -2.26. The van der Waals surface area contributed by atoms with Crippen LogP contribution in [0.2, 0.25) is 5.02 Å². The van der Waals surface area contributed by atoms with Crippen molar-refractivity contribution >= 4 is 29.2 Å². The lowest BCUT2D eigenvalue weighted by molar-refractivity contribution is -0.116. The summed E-state index contributed by atoms with van der Waals surface area (Å²) in [6.07, 6.45) is 1.54. The highest BCUT2D eigenvalue weighted by Gasteiger charge is 2.34. The van der Waals surface area contributed by atoms with E-state index in [1.54, 1.807) is 34.9 Å². The van der Waals surface area contributed by atoms with Gasteiger partial charge in [-0.3, -0.25) is 4.79 Å². The number of carboxylic acid groups (broad SMARTS) is 1. The molecule has 7 heteroatoms. The monoisotopic (exact) mass is 384 g/mol. The molecule has 1 amide bonds. The van der Waals surface area contributed by atoms with E-state index in [2.05, 4.69) is 5.32 Å². The predicted molar refractivity (Wildman–Crippen MR) is 99.2 cm³/mol. The van der Waals surface area contributed by atoms with Crippen molar-refractivity contribution < 1.29 is 19.1 Å². The Hall–Kier alpha value is -3.12. The van der Waals surface area contributed by atoms with Gasteiger partial charge in [0.25, 0.3) is 0 Å². The molecular formula is C20H14ClFN2O3. The normalized spacial score (nSPS) is 15.9. The van der Waals surface area contributed by atoms with Crippen LogP contribution < -0.4 is 5.32 Å². The van der Waals surface area contributed by atoms with Gasteiger partial charge in [-0.25, -0.2) is 9.18 Å². The molecule has 3 aromatic rings. The van der Waals surface area contributed by atoms with Crippen LogP contribution in [0.15, 0.2) is 54.7 Å². The van der Waals surface area contributed by atoms with Crippen LogP contribution in [0.1, 0.15) is 34.0 Å². The Morgan fingerprint density at radius 2 is 2.00 bits per heavy atom. The maximum atomic E-state index is 13.8. The van der Waals surface area contributed by atoms with E-state index in [9.17, 15) is 19.1 Å². The van der Waals surface area contributed by atoms with E-state index < -0.39 is 17.7 Å². The lowest BCUT2D eigenvalue weighted by Crippen LogP contribution is -2.25. The number of hydrogen-bond acceptors (Lipinski definition) is 2. The van der Waals surface area contributed by atoms with Crippen molar-refractivity contribution in [2.75, 3.05) is 5.32 Å². The molecule has 1 aliphatic heterocycles. The number of aromatic carboxylic acids is 1. The maximum Gasteiger partial charge on any atom is 0.339 e. The summed E-state index contributed by atoms with van der Waals surface area (Å²) < 4.78 is 15.4. The number of fused-ring (bicyclic) bond motifs is 1. The van der Waals surface area contributed by atoms with Crippen molar-refractivity contribution in [2.45, 2.75) is 12.3 Å². The van der Waals surface area contributed by atoms with Gasteiger partial charge in [0.1, 0.15) is 11.4 Å². The summed E-state index contributed by atoms with van der Waals surface area (Å²) in [6.45, 7) is 0. The van der Waals surface area contributed by atoms with E-state index in [0.29, 0.717) is 16.4 Å². The Kier molecular flexibility index (Phi) is 4.20. The first-order valence-electron chi connectivity index (χ1n) is 8.24. The first-order chi connectivity index (χ1) is 12.9. The van der Waals surface area contributed by atoms with Gasteiger partial charge >= 0.3 is 5.97 Å². The highest BCUT2D eigenvalue weighted by Crippen LogP contribution is 2.42. The number of carbonyl (C=O) groups is 2. The Morgan fingerprint density at radius 3 is 2.70 bits per heavy atom. The predicted octanol–water partition coefficient (Wildman–Crippen LogP) is 4.44. The van der Waals surface area contributed by atoms with Crippen molar-refractivity contribution in [1.82, 2.24) is 4.57 Å². The lowest BCUT2D eigenvalue weighted by atomic mass is 9.88. The van der Waals surface area contributed by atoms with E-state index in [-0.39, 0.29) is 23.6 Å². The van der Waals surface area contributed by atoms with Crippen LogP contribution in [0.3, 0.4) is 0 Å². The van der Waals surface area contributed by atoms with E-state index >= 15 is 0 Å². The van der Waals surface area contributed by atoms with Gasteiger partial charge in [0.2, 0.25) is 5.91 Å². The molecule has 2 heterocycles. The Morgan fingerprint density at radius 1 is 1.22 bits per heavy atom. The number of anilines is 1. The minimum Gasteiger partial charge on any atom is -0.478 e. The minimum atomic E-state index is -1.17. The highest BCUT2D eigenvalue weighted by atomic mass is 35.5. The van der Waals surface area contributed by atoms with Gasteiger partial charge in [0, 0.05) is 29.2 Å². The topological polar surface area (TPSA) is 71.3 Å². The van der Waals surface area contributed by atoms with Gasteiger partial charge in [-0.05, 0) is 35.9 Å². The smallest absolute Gasteiger partial charge is 0.339 e. The number of hydrogen-bond donors (Lipinski definition) is 2. The Balaban J connectivity index is 1.99. The summed E-state index contributed by atoms with van der Waals surface area (Å²) >= 11 is 6.11. The molecule has 0 spiro atoms. The van der Waals surface area contributed by atoms with Crippen LogP contribution in [0.5, 0.6) is 0 Å². The van der Waals surface area contributed by atoms with Crippen LogP contribution in [-0.2, 0) is 4.79 Å². The van der Waals surface area contributed by atoms with Gasteiger partial charge in [-0.15, -0.1) is 0 Å². The second-order valence-corrected chi connectivity index (χ2v) is 6.75. The van der Waals surface area contributed by atoms with Gasteiger partial charge < -0.3 is 15.0 Å². The number of halogens is 2. The van der Waals surface area contributed by atoms with Crippen LogP contribution >= 0.6 is 11.6 Å². The summed E-state index contributed by atoms with van der Waals surface area (Å²) in [5.74, 6) is -2.31. The molecule has 0 bridgehead atoms. The standard InChI is InChI=1S/C20H14ClFN2O3/c21-12-4-1-3-11(7-12)15-9-17(25)23-18-16(20(26)27)10-24(19(15)18)14-6-2-5-13(22)8-14/h1-8,10,15H,9H2,(H,23,25)(H,26,27). The molecule has 0 fully saturated rings. The third kappa shape index (κ3) is 3.08. The number of benzene rings is 2. The van der Waals surface area contributed by atoms with E-state index in [0.717, 1.165) is 5.56 Å². The quantitative estimate of drug-likeness (QED) is 0.701. The fourth-order valence-corrected chi connectivity index (χ4v) is 3.67. The SMILES string of the molecule is O=C1CC(c2cccc(Cl)c2)c2c(c(C(=O)O)cn2-c2cccc(F)c2)N1. The zero-order valence-corrected chi connectivity index (χ0v) is 14.7. The number of carboxylic acids is 1. The van der Waals surface area contributed by atoms with Crippen molar-refractivity contribution in [3.05, 3.63) is 82.4 Å². The summed E-state index contributed by atoms with van der Waals surface area (Å²) in [4.78, 5) is 24.0. The number of rotatable bonds is 3. The molecule has 1 unspecified atom stereocenters. The van der Waals surface area contributed by atoms with Gasteiger partial charge in [0.15, 0.2) is 0 Å². The van der Waals surface area contributed by atoms with E-state index in [1.807, 2.05) is 6.07 Å². The molecule has 0 aliphatic carbocycles. The summed E-state index contributed by atoms with van der Waals surface area (Å²) in [5.41, 5.74) is 2.02. The largest absolute Gasteiger partial charge is 0.478 e. The molecule has 1 aromatic heterocycles. The fourth-order valence-electron chi connectivity index (χ4n) is 3.47. The zero-order valence-electron chi connectivity index (χ0n) is 13.9. The fraction of sp³-hybridized carbons (Fsp3) is 0.100. The number of carbonyl (C=O) groups excluding carboxylic acids is 1. The number of nitrogens with zero attached hydrogens (tertiary/aromatic N) is 1. The number of amides is 1. The van der Waals surface area contributed by atoms with Gasteiger partial charge in [-0.1, -0.05) is 29.8 Å². The molecule has 2 N–H and O–H groups in total. The molecule has 0 radical (unpaired) electrons. The van der Waals surface area contributed by atoms with Crippen LogP contribution in [0, 0.1) is 5.82 Å². The highest BCUT2D eigenvalue weighted by molar-refractivity contribution is 6.30. The van der Waals surface area contributed by atoms with Crippen LogP contribution in [-0.4, -0.2) is 21.6 Å². The molecule has 1 aliphatic rings. The van der Waals surface area contributed by atoms with Crippen molar-refractivity contribution in [2.24, 2.45) is 0 Å². The van der Waals surface area contributed by atoms with Crippen molar-refractivity contribution in [1.29, 1.82) is 0 Å². The van der Waals surface area contributed by atoms with Crippen LogP contribution in [0.4, 0.5) is 10.1 Å². The van der Waals surface area contributed by atoms with Gasteiger partial charge in [-0.2, -0.15) is 0 Å². The Labute approximate surface area is 159 Å².